The smallest absolute Gasteiger partial charge is 0.436 e. The monoisotopic (exact) mass is 555 g/mol. The number of hydrogen-bond donors (Lipinski definition) is 1. The van der Waals surface area contributed by atoms with E-state index in [0.29, 0.717) is 46.7 Å². The molecule has 1 atom stereocenters. The fourth-order valence-corrected chi connectivity index (χ4v) is 4.99. The number of Topliss-reactive ketones (excluding diaryl/α,β-unsaturated/α-hetero) is 1. The van der Waals surface area contributed by atoms with E-state index in [1.807, 2.05) is 29.0 Å². The highest BCUT2D eigenvalue weighted by Crippen LogP contribution is 2.34. The number of rotatable bonds is 5. The molecule has 0 bridgehead atoms. The SMILES string of the molecule is CC(C)(C)OC(=O)n1ncc(-c2cc3c(cn2)c(C(=O)C2COc4ccc(Cl)cc4C2)cn3CCN)c1Cl. The highest BCUT2D eigenvalue weighted by molar-refractivity contribution is 6.33. The van der Waals surface area contributed by atoms with Crippen molar-refractivity contribution in [1.82, 2.24) is 19.3 Å². The van der Waals surface area contributed by atoms with Crippen LogP contribution in [0.4, 0.5) is 4.79 Å². The summed E-state index contributed by atoms with van der Waals surface area (Å²) in [7, 11) is 0. The second kappa shape index (κ2) is 10.1. The van der Waals surface area contributed by atoms with Crippen molar-refractivity contribution in [1.29, 1.82) is 0 Å². The van der Waals surface area contributed by atoms with Gasteiger partial charge in [0, 0.05) is 41.5 Å². The van der Waals surface area contributed by atoms with Gasteiger partial charge in [-0.25, -0.2) is 4.79 Å². The second-order valence-electron chi connectivity index (χ2n) is 10.2. The number of hydrogen-bond acceptors (Lipinski definition) is 7. The summed E-state index contributed by atoms with van der Waals surface area (Å²) in [5.41, 5.74) is 8.34. The van der Waals surface area contributed by atoms with Crippen molar-refractivity contribution in [2.75, 3.05) is 13.2 Å². The van der Waals surface area contributed by atoms with E-state index in [1.165, 1.54) is 6.20 Å². The van der Waals surface area contributed by atoms with E-state index in [9.17, 15) is 9.59 Å². The van der Waals surface area contributed by atoms with Crippen molar-refractivity contribution in [2.45, 2.75) is 39.3 Å². The van der Waals surface area contributed by atoms with Crippen LogP contribution in [-0.2, 0) is 17.7 Å². The zero-order valence-corrected chi connectivity index (χ0v) is 22.7. The molecular formula is C27H27Cl2N5O4. The summed E-state index contributed by atoms with van der Waals surface area (Å²) in [5.74, 6) is 0.347. The molecule has 4 heterocycles. The van der Waals surface area contributed by atoms with E-state index in [4.69, 9.17) is 38.4 Å². The topological polar surface area (TPSA) is 114 Å². The summed E-state index contributed by atoms with van der Waals surface area (Å²) < 4.78 is 14.2. The van der Waals surface area contributed by atoms with Crippen molar-refractivity contribution >= 4 is 46.0 Å². The molecule has 2 N–H and O–H groups in total. The van der Waals surface area contributed by atoms with Crippen LogP contribution < -0.4 is 10.5 Å². The summed E-state index contributed by atoms with van der Waals surface area (Å²) in [4.78, 5) is 30.7. The zero-order chi connectivity index (χ0) is 27.2. The molecule has 0 spiro atoms. The number of carbonyl (C=O) groups excluding carboxylic acids is 2. The standard InChI is InChI=1S/C27H27Cl2N5O4/c1-27(2,3)38-26(36)34-25(29)19(12-32-34)21-10-22-18(11-31-21)20(13-33(22)7-6-30)24(35)16-8-15-9-17(28)4-5-23(15)37-14-16/h4-5,9-13,16H,6-8,14,30H2,1-3H3. The van der Waals surface area contributed by atoms with Crippen LogP contribution in [0.1, 0.15) is 36.7 Å². The largest absolute Gasteiger partial charge is 0.493 e. The van der Waals surface area contributed by atoms with Gasteiger partial charge in [0.05, 0.1) is 35.5 Å². The van der Waals surface area contributed by atoms with Gasteiger partial charge in [-0.2, -0.15) is 9.78 Å². The quantitative estimate of drug-likeness (QED) is 0.328. The Morgan fingerprint density at radius 2 is 2.00 bits per heavy atom. The van der Waals surface area contributed by atoms with Crippen molar-refractivity contribution in [3.63, 3.8) is 0 Å². The maximum Gasteiger partial charge on any atom is 0.436 e. The minimum absolute atomic E-state index is 0.0401. The van der Waals surface area contributed by atoms with E-state index in [1.54, 1.807) is 33.0 Å². The van der Waals surface area contributed by atoms with Crippen LogP contribution >= 0.6 is 23.2 Å². The molecule has 1 aromatic carbocycles. The van der Waals surface area contributed by atoms with Crippen LogP contribution in [0.25, 0.3) is 22.2 Å². The predicted octanol–water partition coefficient (Wildman–Crippen LogP) is 5.38. The second-order valence-corrected chi connectivity index (χ2v) is 11.0. The van der Waals surface area contributed by atoms with Gasteiger partial charge >= 0.3 is 6.09 Å². The van der Waals surface area contributed by atoms with Crippen LogP contribution in [-0.4, -0.2) is 50.0 Å². The molecule has 1 aliphatic rings. The van der Waals surface area contributed by atoms with Gasteiger partial charge in [-0.1, -0.05) is 23.2 Å². The molecule has 0 saturated carbocycles. The average Bonchev–Trinajstić information content (AvgIpc) is 3.42. The lowest BCUT2D eigenvalue weighted by molar-refractivity contribution is 0.0515. The third-order valence-electron chi connectivity index (χ3n) is 6.25. The van der Waals surface area contributed by atoms with Crippen LogP contribution in [0.3, 0.4) is 0 Å². The molecule has 1 unspecified atom stereocenters. The molecule has 198 valence electrons. The highest BCUT2D eigenvalue weighted by Gasteiger charge is 2.30. The molecule has 0 fully saturated rings. The van der Waals surface area contributed by atoms with Crippen LogP contribution in [0, 0.1) is 5.92 Å². The summed E-state index contributed by atoms with van der Waals surface area (Å²) in [6, 6.07) is 7.25. The van der Waals surface area contributed by atoms with Gasteiger partial charge in [0.15, 0.2) is 5.78 Å². The molecule has 9 nitrogen and oxygen atoms in total. The Hall–Kier alpha value is -3.40. The van der Waals surface area contributed by atoms with E-state index < -0.39 is 11.7 Å². The molecule has 0 saturated heterocycles. The number of fused-ring (bicyclic) bond motifs is 2. The molecule has 0 aliphatic carbocycles. The third kappa shape index (κ3) is 5.01. The molecule has 38 heavy (non-hydrogen) atoms. The first-order chi connectivity index (χ1) is 18.1. The summed E-state index contributed by atoms with van der Waals surface area (Å²) in [6.45, 7) is 6.44. The Labute approximate surface area is 229 Å². The Balaban J connectivity index is 1.49. The van der Waals surface area contributed by atoms with Gasteiger partial charge in [-0.15, -0.1) is 0 Å². The van der Waals surface area contributed by atoms with Crippen molar-refractivity contribution in [3.05, 3.63) is 64.2 Å². The summed E-state index contributed by atoms with van der Waals surface area (Å²) >= 11 is 12.7. The van der Waals surface area contributed by atoms with Crippen molar-refractivity contribution in [3.8, 4) is 17.0 Å². The lowest BCUT2D eigenvalue weighted by atomic mass is 9.90. The van der Waals surface area contributed by atoms with Crippen LogP contribution in [0.2, 0.25) is 10.2 Å². The van der Waals surface area contributed by atoms with Gasteiger partial charge < -0.3 is 19.8 Å². The number of halogens is 2. The zero-order valence-electron chi connectivity index (χ0n) is 21.2. The third-order valence-corrected chi connectivity index (χ3v) is 6.85. The first kappa shape index (κ1) is 26.2. The van der Waals surface area contributed by atoms with E-state index in [2.05, 4.69) is 10.1 Å². The fourth-order valence-electron chi connectivity index (χ4n) is 4.54. The minimum atomic E-state index is -0.701. The summed E-state index contributed by atoms with van der Waals surface area (Å²) in [5, 5.41) is 5.48. The Morgan fingerprint density at radius 3 is 2.74 bits per heavy atom. The van der Waals surface area contributed by atoms with Gasteiger partial charge in [0.1, 0.15) is 16.5 Å². The molecule has 4 aromatic rings. The number of ketones is 1. The van der Waals surface area contributed by atoms with Crippen LogP contribution in [0.15, 0.2) is 42.9 Å². The minimum Gasteiger partial charge on any atom is -0.493 e. The molecule has 5 rings (SSSR count). The predicted molar refractivity (Wildman–Crippen MR) is 145 cm³/mol. The lowest BCUT2D eigenvalue weighted by Crippen LogP contribution is -2.28. The lowest BCUT2D eigenvalue weighted by Gasteiger charge is -2.24. The molecule has 3 aromatic heterocycles. The van der Waals surface area contributed by atoms with Gasteiger partial charge in [0.2, 0.25) is 0 Å². The van der Waals surface area contributed by atoms with Crippen molar-refractivity contribution in [2.24, 2.45) is 11.7 Å². The molecule has 1 aliphatic heterocycles. The number of aromatic nitrogens is 4. The van der Waals surface area contributed by atoms with E-state index in [0.717, 1.165) is 21.5 Å². The average molecular weight is 556 g/mol. The van der Waals surface area contributed by atoms with Gasteiger partial charge in [-0.3, -0.25) is 9.78 Å². The first-order valence-electron chi connectivity index (χ1n) is 12.2. The number of pyridine rings is 1. The van der Waals surface area contributed by atoms with Crippen molar-refractivity contribution < 1.29 is 19.1 Å². The number of nitrogens with two attached hydrogens (primary N) is 1. The molecular weight excluding hydrogens is 529 g/mol. The molecule has 11 heteroatoms. The maximum absolute atomic E-state index is 13.7. The number of ether oxygens (including phenoxy) is 2. The van der Waals surface area contributed by atoms with E-state index >= 15 is 0 Å². The van der Waals surface area contributed by atoms with Gasteiger partial charge in [0.25, 0.3) is 0 Å². The molecule has 0 radical (unpaired) electrons. The number of carbonyl (C=O) groups is 2. The van der Waals surface area contributed by atoms with Crippen LogP contribution in [0.5, 0.6) is 5.75 Å². The first-order valence-corrected chi connectivity index (χ1v) is 12.9. The Morgan fingerprint density at radius 1 is 1.21 bits per heavy atom. The number of nitrogens with zero attached hydrogens (tertiary/aromatic N) is 4. The normalized spacial score (nSPS) is 15.3. The Kier molecular flexibility index (Phi) is 6.94. The highest BCUT2D eigenvalue weighted by atomic mass is 35.5. The van der Waals surface area contributed by atoms with Gasteiger partial charge in [-0.05, 0) is 57.0 Å². The Bertz CT molecular complexity index is 1550. The fraction of sp³-hybridized carbons (Fsp3) is 0.333. The number of benzene rings is 1. The van der Waals surface area contributed by atoms with E-state index in [-0.39, 0.29) is 23.5 Å². The molecule has 0 amide bonds. The maximum atomic E-state index is 13.7. The summed E-state index contributed by atoms with van der Waals surface area (Å²) in [6.07, 6.45) is 4.76.